The summed E-state index contributed by atoms with van der Waals surface area (Å²) < 4.78 is 5.18. The maximum absolute atomic E-state index is 12.4. The average Bonchev–Trinajstić information content (AvgIpc) is 2.88. The molecule has 7 nitrogen and oxygen atoms in total. The highest BCUT2D eigenvalue weighted by molar-refractivity contribution is 5.94. The molecule has 0 aliphatic heterocycles. The van der Waals surface area contributed by atoms with Gasteiger partial charge in [0, 0.05) is 35.8 Å². The van der Waals surface area contributed by atoms with Crippen LogP contribution in [-0.4, -0.2) is 34.6 Å². The number of nitrogens with zero attached hydrogens (tertiary/aromatic N) is 2. The van der Waals surface area contributed by atoms with Crippen LogP contribution in [0.15, 0.2) is 91.3 Å². The molecule has 1 unspecified atom stereocenters. The summed E-state index contributed by atoms with van der Waals surface area (Å²) in [7, 11) is 1.63. The number of amides is 1. The van der Waals surface area contributed by atoms with Crippen LogP contribution in [-0.2, 0) is 0 Å². The molecule has 1 amide bonds. The minimum absolute atomic E-state index is 0.136. The van der Waals surface area contributed by atoms with E-state index in [2.05, 4.69) is 20.6 Å². The van der Waals surface area contributed by atoms with Crippen molar-refractivity contribution in [1.29, 1.82) is 0 Å². The van der Waals surface area contributed by atoms with E-state index in [1.807, 2.05) is 54.6 Å². The van der Waals surface area contributed by atoms with E-state index in [0.29, 0.717) is 11.5 Å². The Kier molecular flexibility index (Phi) is 6.92. The van der Waals surface area contributed by atoms with Crippen LogP contribution in [0.4, 0.5) is 11.6 Å². The van der Waals surface area contributed by atoms with Gasteiger partial charge in [-0.25, -0.2) is 9.97 Å². The van der Waals surface area contributed by atoms with Crippen molar-refractivity contribution in [1.82, 2.24) is 15.3 Å². The van der Waals surface area contributed by atoms with Crippen LogP contribution in [0.3, 0.4) is 0 Å². The van der Waals surface area contributed by atoms with Gasteiger partial charge in [-0.15, -0.1) is 0 Å². The van der Waals surface area contributed by atoms with E-state index < -0.39 is 6.10 Å². The molecule has 0 bridgehead atoms. The second kappa shape index (κ2) is 10.4. The largest absolute Gasteiger partial charge is 0.497 e. The summed E-state index contributed by atoms with van der Waals surface area (Å²) >= 11 is 0. The molecular weight excluding hydrogens is 416 g/mol. The Labute approximate surface area is 192 Å². The van der Waals surface area contributed by atoms with E-state index in [-0.39, 0.29) is 12.5 Å². The fraction of sp³-hybridized carbons (Fsp3) is 0.115. The van der Waals surface area contributed by atoms with Crippen LogP contribution in [0.25, 0.3) is 11.1 Å². The van der Waals surface area contributed by atoms with Gasteiger partial charge < -0.3 is 20.5 Å². The highest BCUT2D eigenvalue weighted by Crippen LogP contribution is 2.22. The molecule has 0 saturated carbocycles. The number of ether oxygens (including phenoxy) is 1. The Morgan fingerprint density at radius 1 is 0.909 bits per heavy atom. The number of hydrogen-bond acceptors (Lipinski definition) is 6. The SMILES string of the molecule is COc1ccc(-c2cnc(Nc3ccc(C(=O)NCC(O)c4ccccc4)cc3)nc2)cc1. The molecule has 0 aliphatic rings. The van der Waals surface area contributed by atoms with Crippen molar-refractivity contribution >= 4 is 17.5 Å². The summed E-state index contributed by atoms with van der Waals surface area (Å²) in [4.78, 5) is 21.1. The first-order valence-electron chi connectivity index (χ1n) is 10.5. The number of nitrogens with one attached hydrogen (secondary N) is 2. The second-order valence-corrected chi connectivity index (χ2v) is 7.36. The topological polar surface area (TPSA) is 96.4 Å². The zero-order valence-corrected chi connectivity index (χ0v) is 18.1. The Hall–Kier alpha value is -4.23. The fourth-order valence-corrected chi connectivity index (χ4v) is 3.24. The van der Waals surface area contributed by atoms with E-state index in [1.165, 1.54) is 0 Å². The van der Waals surface area contributed by atoms with Crippen LogP contribution in [0, 0.1) is 0 Å². The molecule has 1 aromatic heterocycles. The second-order valence-electron chi connectivity index (χ2n) is 7.36. The standard InChI is InChI=1S/C26H24N4O3/c1-33-23-13-9-18(10-14-23)21-15-28-26(29-16-21)30-22-11-7-20(8-12-22)25(32)27-17-24(31)19-5-3-2-4-6-19/h2-16,24,31H,17H2,1H3,(H,27,32)(H,28,29,30). The van der Waals surface area contributed by atoms with Crippen molar-refractivity contribution in [2.75, 3.05) is 19.0 Å². The summed E-state index contributed by atoms with van der Waals surface area (Å²) in [5.41, 5.74) is 3.91. The summed E-state index contributed by atoms with van der Waals surface area (Å²) in [6.45, 7) is 0.136. The highest BCUT2D eigenvalue weighted by Gasteiger charge is 2.11. The Bertz CT molecular complexity index is 1180. The van der Waals surface area contributed by atoms with Crippen molar-refractivity contribution < 1.29 is 14.6 Å². The van der Waals surface area contributed by atoms with Crippen molar-refractivity contribution in [3.63, 3.8) is 0 Å². The van der Waals surface area contributed by atoms with Gasteiger partial charge in [0.15, 0.2) is 0 Å². The third-order valence-corrected chi connectivity index (χ3v) is 5.12. The number of benzene rings is 3. The van der Waals surface area contributed by atoms with Gasteiger partial charge in [-0.1, -0.05) is 42.5 Å². The third kappa shape index (κ3) is 5.72. The molecule has 4 rings (SSSR count). The lowest BCUT2D eigenvalue weighted by atomic mass is 10.1. The first kappa shape index (κ1) is 22.0. The molecule has 7 heteroatoms. The van der Waals surface area contributed by atoms with Gasteiger partial charge in [-0.2, -0.15) is 0 Å². The molecular formula is C26H24N4O3. The normalized spacial score (nSPS) is 11.5. The zero-order valence-electron chi connectivity index (χ0n) is 18.1. The number of carbonyl (C=O) groups is 1. The average molecular weight is 441 g/mol. The Balaban J connectivity index is 1.32. The van der Waals surface area contributed by atoms with Crippen LogP contribution < -0.4 is 15.4 Å². The van der Waals surface area contributed by atoms with Crippen molar-refractivity contribution in [2.45, 2.75) is 6.10 Å². The van der Waals surface area contributed by atoms with E-state index in [9.17, 15) is 9.90 Å². The van der Waals surface area contributed by atoms with Crippen LogP contribution in [0.2, 0.25) is 0 Å². The molecule has 0 spiro atoms. The number of rotatable bonds is 8. The lowest BCUT2D eigenvalue weighted by Gasteiger charge is -2.12. The lowest BCUT2D eigenvalue weighted by molar-refractivity contribution is 0.0916. The molecule has 0 aliphatic carbocycles. The highest BCUT2D eigenvalue weighted by atomic mass is 16.5. The maximum atomic E-state index is 12.4. The smallest absolute Gasteiger partial charge is 0.251 e. The quantitative estimate of drug-likeness (QED) is 0.377. The van der Waals surface area contributed by atoms with Crippen LogP contribution >= 0.6 is 0 Å². The third-order valence-electron chi connectivity index (χ3n) is 5.12. The van der Waals surface area contributed by atoms with E-state index in [4.69, 9.17) is 4.74 Å². The van der Waals surface area contributed by atoms with Gasteiger partial charge in [-0.05, 0) is 47.5 Å². The summed E-state index contributed by atoms with van der Waals surface area (Å²) in [6, 6.07) is 23.9. The molecule has 4 aromatic rings. The summed E-state index contributed by atoms with van der Waals surface area (Å²) in [6.07, 6.45) is 2.74. The van der Waals surface area contributed by atoms with Gasteiger partial charge >= 0.3 is 0 Å². The van der Waals surface area contributed by atoms with Gasteiger partial charge in [0.25, 0.3) is 5.91 Å². The molecule has 33 heavy (non-hydrogen) atoms. The van der Waals surface area contributed by atoms with E-state index in [1.54, 1.807) is 43.8 Å². The number of aliphatic hydroxyl groups is 1. The molecule has 0 radical (unpaired) electrons. The number of aromatic nitrogens is 2. The molecule has 0 fully saturated rings. The van der Waals surface area contributed by atoms with Crippen molar-refractivity contribution in [3.05, 3.63) is 102 Å². The lowest BCUT2D eigenvalue weighted by Crippen LogP contribution is -2.28. The molecule has 3 aromatic carbocycles. The minimum Gasteiger partial charge on any atom is -0.497 e. The monoisotopic (exact) mass is 440 g/mol. The van der Waals surface area contributed by atoms with Crippen molar-refractivity contribution in [3.8, 4) is 16.9 Å². The van der Waals surface area contributed by atoms with E-state index >= 15 is 0 Å². The van der Waals surface area contributed by atoms with Gasteiger partial charge in [0.05, 0.1) is 13.2 Å². The number of methoxy groups -OCH3 is 1. The van der Waals surface area contributed by atoms with Crippen LogP contribution in [0.5, 0.6) is 5.75 Å². The Morgan fingerprint density at radius 3 is 2.21 bits per heavy atom. The summed E-state index contributed by atoms with van der Waals surface area (Å²) in [5.74, 6) is 0.995. The minimum atomic E-state index is -0.755. The maximum Gasteiger partial charge on any atom is 0.251 e. The zero-order chi connectivity index (χ0) is 23.0. The van der Waals surface area contributed by atoms with E-state index in [0.717, 1.165) is 28.1 Å². The van der Waals surface area contributed by atoms with Gasteiger partial charge in [-0.3, -0.25) is 4.79 Å². The van der Waals surface area contributed by atoms with Gasteiger partial charge in [0.2, 0.25) is 5.95 Å². The molecule has 1 atom stereocenters. The molecule has 3 N–H and O–H groups in total. The van der Waals surface area contributed by atoms with Crippen LogP contribution in [0.1, 0.15) is 22.0 Å². The fourth-order valence-electron chi connectivity index (χ4n) is 3.24. The van der Waals surface area contributed by atoms with Gasteiger partial charge in [0.1, 0.15) is 5.75 Å². The number of anilines is 2. The summed E-state index contributed by atoms with van der Waals surface area (Å²) in [5, 5.41) is 16.1. The predicted octanol–water partition coefficient (Wildman–Crippen LogP) is 4.36. The number of hydrogen-bond donors (Lipinski definition) is 3. The predicted molar refractivity (Wildman–Crippen MR) is 127 cm³/mol. The number of carbonyl (C=O) groups excluding carboxylic acids is 1. The molecule has 1 heterocycles. The molecule has 0 saturated heterocycles. The first-order chi connectivity index (χ1) is 16.1. The number of aliphatic hydroxyl groups excluding tert-OH is 1. The Morgan fingerprint density at radius 2 is 1.58 bits per heavy atom. The first-order valence-corrected chi connectivity index (χ1v) is 10.5. The van der Waals surface area contributed by atoms with Crippen molar-refractivity contribution in [2.24, 2.45) is 0 Å². The molecule has 166 valence electrons.